The molecule has 3 rings (SSSR count). The van der Waals surface area contributed by atoms with Crippen molar-refractivity contribution in [2.75, 3.05) is 5.32 Å². The molecular formula is C20H19F3N2O2. The second-order valence-corrected chi connectivity index (χ2v) is 6.61. The molecule has 27 heavy (non-hydrogen) atoms. The highest BCUT2D eigenvalue weighted by molar-refractivity contribution is 6.39. The molecule has 4 nitrogen and oxygen atoms in total. The van der Waals surface area contributed by atoms with Gasteiger partial charge in [0.15, 0.2) is 17.5 Å². The molecule has 0 spiro atoms. The Morgan fingerprint density at radius 1 is 0.926 bits per heavy atom. The topological polar surface area (TPSA) is 58.2 Å². The third-order valence-electron chi connectivity index (χ3n) is 4.71. The zero-order chi connectivity index (χ0) is 19.6. The highest BCUT2D eigenvalue weighted by atomic mass is 19.2. The molecule has 2 amide bonds. The number of rotatable bonds is 3. The van der Waals surface area contributed by atoms with Crippen LogP contribution in [0, 0.1) is 17.5 Å². The van der Waals surface area contributed by atoms with E-state index in [9.17, 15) is 22.8 Å². The van der Waals surface area contributed by atoms with Crippen LogP contribution in [0.25, 0.3) is 0 Å². The van der Waals surface area contributed by atoms with E-state index in [-0.39, 0.29) is 0 Å². The first-order valence-electron chi connectivity index (χ1n) is 8.74. The summed E-state index contributed by atoms with van der Waals surface area (Å²) in [5, 5.41) is 4.48. The Balaban J connectivity index is 1.66. The van der Waals surface area contributed by atoms with Gasteiger partial charge in [-0.25, -0.2) is 13.2 Å². The summed E-state index contributed by atoms with van der Waals surface area (Å²) in [5.41, 5.74) is 2.80. The van der Waals surface area contributed by atoms with Gasteiger partial charge < -0.3 is 10.6 Å². The molecule has 1 unspecified atom stereocenters. The van der Waals surface area contributed by atoms with Crippen molar-refractivity contribution in [3.63, 3.8) is 0 Å². The largest absolute Gasteiger partial charge is 0.341 e. The van der Waals surface area contributed by atoms with E-state index in [0.717, 1.165) is 30.9 Å². The predicted octanol–water partition coefficient (Wildman–Crippen LogP) is 3.80. The van der Waals surface area contributed by atoms with Crippen molar-refractivity contribution < 1.29 is 22.8 Å². The summed E-state index contributed by atoms with van der Waals surface area (Å²) in [6.07, 6.45) is 4.32. The Kier molecular flexibility index (Phi) is 5.48. The first kappa shape index (κ1) is 18.9. The fourth-order valence-electron chi connectivity index (χ4n) is 3.17. The normalized spacial score (nSPS) is 14.2. The summed E-state index contributed by atoms with van der Waals surface area (Å²) < 4.78 is 39.8. The second-order valence-electron chi connectivity index (χ2n) is 6.61. The van der Waals surface area contributed by atoms with E-state index < -0.39 is 41.0 Å². The molecule has 0 aromatic heterocycles. The van der Waals surface area contributed by atoms with Crippen molar-refractivity contribution in [3.05, 3.63) is 64.5 Å². The van der Waals surface area contributed by atoms with Gasteiger partial charge in [0.05, 0.1) is 11.7 Å². The van der Waals surface area contributed by atoms with Crippen LogP contribution in [0.4, 0.5) is 18.9 Å². The maximum absolute atomic E-state index is 13.6. The van der Waals surface area contributed by atoms with Gasteiger partial charge in [-0.05, 0) is 61.4 Å². The Hall–Kier alpha value is -2.83. The van der Waals surface area contributed by atoms with Crippen molar-refractivity contribution in [1.82, 2.24) is 5.32 Å². The predicted molar refractivity (Wildman–Crippen MR) is 94.6 cm³/mol. The first-order chi connectivity index (χ1) is 12.9. The van der Waals surface area contributed by atoms with E-state index in [1.807, 2.05) is 23.5 Å². The number of benzene rings is 2. The molecule has 1 aliphatic rings. The molecule has 142 valence electrons. The zero-order valence-electron chi connectivity index (χ0n) is 14.7. The lowest BCUT2D eigenvalue weighted by Gasteiger charge is -2.20. The lowest BCUT2D eigenvalue weighted by Crippen LogP contribution is -2.37. The van der Waals surface area contributed by atoms with Crippen molar-refractivity contribution >= 4 is 17.5 Å². The molecule has 1 atom stereocenters. The van der Waals surface area contributed by atoms with Crippen LogP contribution in [0.3, 0.4) is 0 Å². The molecule has 2 aromatic carbocycles. The molecule has 0 aliphatic heterocycles. The van der Waals surface area contributed by atoms with Gasteiger partial charge in [-0.3, -0.25) is 9.59 Å². The summed E-state index contributed by atoms with van der Waals surface area (Å²) in [6.45, 7) is 1.73. The highest BCUT2D eigenvalue weighted by Gasteiger charge is 2.21. The van der Waals surface area contributed by atoms with Gasteiger partial charge >= 0.3 is 11.8 Å². The lowest BCUT2D eigenvalue weighted by atomic mass is 9.89. The fraction of sp³-hybridized carbons (Fsp3) is 0.300. The van der Waals surface area contributed by atoms with E-state index in [1.165, 1.54) is 17.5 Å². The molecule has 0 radical (unpaired) electrons. The number of anilines is 1. The van der Waals surface area contributed by atoms with Crippen LogP contribution in [0.2, 0.25) is 0 Å². The number of fused-ring (bicyclic) bond motifs is 1. The average molecular weight is 376 g/mol. The maximum atomic E-state index is 13.6. The van der Waals surface area contributed by atoms with Crippen molar-refractivity contribution in [1.29, 1.82) is 0 Å². The molecule has 1 aliphatic carbocycles. The van der Waals surface area contributed by atoms with Crippen LogP contribution in [-0.4, -0.2) is 11.8 Å². The Labute approximate surface area is 154 Å². The maximum Gasteiger partial charge on any atom is 0.313 e. The number of nitrogens with one attached hydrogen (secondary N) is 2. The van der Waals surface area contributed by atoms with Crippen LogP contribution in [0.5, 0.6) is 0 Å². The minimum atomic E-state index is -1.71. The number of hydrogen-bond donors (Lipinski definition) is 2. The number of carbonyl (C=O) groups is 2. The minimum Gasteiger partial charge on any atom is -0.341 e. The van der Waals surface area contributed by atoms with E-state index in [0.29, 0.717) is 6.07 Å². The molecule has 7 heteroatoms. The molecular weight excluding hydrogens is 357 g/mol. The van der Waals surface area contributed by atoms with Crippen molar-refractivity contribution in [2.24, 2.45) is 0 Å². The Morgan fingerprint density at radius 3 is 2.37 bits per heavy atom. The third-order valence-corrected chi connectivity index (χ3v) is 4.71. The lowest BCUT2D eigenvalue weighted by molar-refractivity contribution is -0.136. The summed E-state index contributed by atoms with van der Waals surface area (Å²) in [5.74, 6) is -6.81. The molecule has 2 aromatic rings. The first-order valence-corrected chi connectivity index (χ1v) is 8.74. The summed E-state index contributed by atoms with van der Waals surface area (Å²) in [7, 11) is 0. The van der Waals surface area contributed by atoms with Crippen molar-refractivity contribution in [2.45, 2.75) is 38.6 Å². The number of aryl methyl sites for hydroxylation is 2. The number of hydrogen-bond acceptors (Lipinski definition) is 2. The number of amides is 2. The number of carbonyl (C=O) groups excluding carboxylic acids is 2. The molecule has 2 N–H and O–H groups in total. The molecule has 0 bridgehead atoms. The monoisotopic (exact) mass is 376 g/mol. The summed E-state index contributed by atoms with van der Waals surface area (Å²) >= 11 is 0. The van der Waals surface area contributed by atoms with E-state index in [1.54, 1.807) is 6.92 Å². The van der Waals surface area contributed by atoms with Crippen LogP contribution < -0.4 is 10.6 Å². The quantitative estimate of drug-likeness (QED) is 0.632. The Bertz CT molecular complexity index is 899. The number of halogens is 3. The van der Waals surface area contributed by atoms with Gasteiger partial charge in [0, 0.05) is 0 Å². The summed E-state index contributed by atoms with van der Waals surface area (Å²) in [4.78, 5) is 24.0. The zero-order valence-corrected chi connectivity index (χ0v) is 14.7. The van der Waals surface area contributed by atoms with Crippen LogP contribution in [-0.2, 0) is 22.4 Å². The van der Waals surface area contributed by atoms with Crippen LogP contribution in [0.1, 0.15) is 42.5 Å². The average Bonchev–Trinajstić information content (AvgIpc) is 2.67. The smallest absolute Gasteiger partial charge is 0.313 e. The minimum absolute atomic E-state index is 0.440. The second kappa shape index (κ2) is 7.82. The van der Waals surface area contributed by atoms with Gasteiger partial charge in [0.25, 0.3) is 0 Å². The highest BCUT2D eigenvalue weighted by Crippen LogP contribution is 2.25. The van der Waals surface area contributed by atoms with E-state index in [2.05, 4.69) is 5.32 Å². The molecule has 0 saturated heterocycles. The fourth-order valence-corrected chi connectivity index (χ4v) is 3.17. The van der Waals surface area contributed by atoms with E-state index in [4.69, 9.17) is 0 Å². The molecule has 0 heterocycles. The van der Waals surface area contributed by atoms with Crippen LogP contribution >= 0.6 is 0 Å². The third kappa shape index (κ3) is 4.13. The van der Waals surface area contributed by atoms with E-state index >= 15 is 0 Å². The summed E-state index contributed by atoms with van der Waals surface area (Å²) in [6, 6.07) is 7.04. The standard InChI is InChI=1S/C20H19F3N2O2/c1-11(13-7-6-12-4-2-3-5-14(12)10-13)24-19(26)20(27)25-16-9-8-15(21)17(22)18(16)23/h6-11H,2-5H2,1H3,(H,24,26)(H,25,27). The van der Waals surface area contributed by atoms with Crippen molar-refractivity contribution in [3.8, 4) is 0 Å². The SMILES string of the molecule is CC(NC(=O)C(=O)Nc1ccc(F)c(F)c1F)c1ccc2c(c1)CCCC2. The molecule has 0 saturated carbocycles. The molecule has 0 fully saturated rings. The van der Waals surface area contributed by atoms with Gasteiger partial charge in [-0.15, -0.1) is 0 Å². The van der Waals surface area contributed by atoms with Gasteiger partial charge in [0.1, 0.15) is 0 Å². The van der Waals surface area contributed by atoms with Gasteiger partial charge in [-0.1, -0.05) is 18.2 Å². The van der Waals surface area contributed by atoms with Gasteiger partial charge in [-0.2, -0.15) is 0 Å². The Morgan fingerprint density at radius 2 is 1.63 bits per heavy atom. The van der Waals surface area contributed by atoms with Crippen LogP contribution in [0.15, 0.2) is 30.3 Å². The van der Waals surface area contributed by atoms with Gasteiger partial charge in [0.2, 0.25) is 0 Å².